The van der Waals surface area contributed by atoms with Crippen molar-refractivity contribution >= 4 is 27.5 Å². The molecule has 0 bridgehead atoms. The van der Waals surface area contributed by atoms with Crippen molar-refractivity contribution in [1.82, 2.24) is 0 Å². The SMILES string of the molecule is COc1ccc(CC(O)c2cc(Cl)cc(Br)c2)cc1OC. The van der Waals surface area contributed by atoms with Crippen LogP contribution in [0.2, 0.25) is 5.02 Å². The molecule has 0 aliphatic rings. The summed E-state index contributed by atoms with van der Waals surface area (Å²) in [6, 6.07) is 11.0. The minimum absolute atomic E-state index is 0.465. The van der Waals surface area contributed by atoms with Crippen molar-refractivity contribution in [2.45, 2.75) is 12.5 Å². The van der Waals surface area contributed by atoms with E-state index in [9.17, 15) is 5.11 Å². The van der Waals surface area contributed by atoms with Crippen molar-refractivity contribution < 1.29 is 14.6 Å². The van der Waals surface area contributed by atoms with Crippen LogP contribution in [0.5, 0.6) is 11.5 Å². The Bertz CT molecular complexity index is 611. The topological polar surface area (TPSA) is 38.7 Å². The van der Waals surface area contributed by atoms with Crippen molar-refractivity contribution in [2.24, 2.45) is 0 Å². The molecule has 1 N–H and O–H groups in total. The zero-order valence-electron chi connectivity index (χ0n) is 11.8. The van der Waals surface area contributed by atoms with Crippen molar-refractivity contribution in [1.29, 1.82) is 0 Å². The molecular weight excluding hydrogens is 356 g/mol. The number of ether oxygens (including phenoxy) is 2. The van der Waals surface area contributed by atoms with Crippen molar-refractivity contribution in [3.63, 3.8) is 0 Å². The molecule has 0 saturated heterocycles. The fourth-order valence-corrected chi connectivity index (χ4v) is 3.00. The number of hydrogen-bond donors (Lipinski definition) is 1. The predicted molar refractivity (Wildman–Crippen MR) is 87.4 cm³/mol. The molecule has 1 unspecified atom stereocenters. The number of hydrogen-bond acceptors (Lipinski definition) is 3. The van der Waals surface area contributed by atoms with Gasteiger partial charge in [0.15, 0.2) is 11.5 Å². The van der Waals surface area contributed by atoms with E-state index < -0.39 is 6.10 Å². The summed E-state index contributed by atoms with van der Waals surface area (Å²) in [4.78, 5) is 0. The first-order valence-corrected chi connectivity index (χ1v) is 7.55. The molecule has 2 aromatic carbocycles. The van der Waals surface area contributed by atoms with Gasteiger partial charge in [-0.15, -0.1) is 0 Å². The van der Waals surface area contributed by atoms with E-state index in [0.717, 1.165) is 15.6 Å². The minimum atomic E-state index is -0.641. The van der Waals surface area contributed by atoms with Gasteiger partial charge in [-0.25, -0.2) is 0 Å². The molecule has 1 atom stereocenters. The van der Waals surface area contributed by atoms with Gasteiger partial charge in [0.1, 0.15) is 0 Å². The second-order valence-electron chi connectivity index (χ2n) is 4.61. The van der Waals surface area contributed by atoms with Gasteiger partial charge < -0.3 is 14.6 Å². The molecule has 0 aromatic heterocycles. The summed E-state index contributed by atoms with van der Waals surface area (Å²) in [5.41, 5.74) is 1.72. The highest BCUT2D eigenvalue weighted by atomic mass is 79.9. The van der Waals surface area contributed by atoms with Crippen LogP contribution < -0.4 is 9.47 Å². The van der Waals surface area contributed by atoms with Crippen LogP contribution in [0.25, 0.3) is 0 Å². The van der Waals surface area contributed by atoms with Gasteiger partial charge in [0.05, 0.1) is 20.3 Å². The molecule has 5 heteroatoms. The summed E-state index contributed by atoms with van der Waals surface area (Å²) >= 11 is 9.38. The van der Waals surface area contributed by atoms with E-state index in [1.54, 1.807) is 26.4 Å². The molecule has 112 valence electrons. The molecule has 0 fully saturated rings. The molecule has 0 heterocycles. The van der Waals surface area contributed by atoms with Crippen LogP contribution in [0.15, 0.2) is 40.9 Å². The Morgan fingerprint density at radius 2 is 1.81 bits per heavy atom. The van der Waals surface area contributed by atoms with E-state index in [1.165, 1.54) is 0 Å². The number of methoxy groups -OCH3 is 2. The number of benzene rings is 2. The van der Waals surface area contributed by atoms with Crippen molar-refractivity contribution in [3.05, 3.63) is 57.0 Å². The monoisotopic (exact) mass is 370 g/mol. The Balaban J connectivity index is 2.20. The van der Waals surface area contributed by atoms with E-state index in [-0.39, 0.29) is 0 Å². The second kappa shape index (κ2) is 7.16. The third kappa shape index (κ3) is 4.13. The normalized spacial score (nSPS) is 12.0. The first-order valence-electron chi connectivity index (χ1n) is 6.38. The zero-order valence-corrected chi connectivity index (χ0v) is 14.1. The average molecular weight is 372 g/mol. The number of aliphatic hydroxyl groups excluding tert-OH is 1. The average Bonchev–Trinajstić information content (AvgIpc) is 2.46. The summed E-state index contributed by atoms with van der Waals surface area (Å²) < 4.78 is 11.3. The van der Waals surface area contributed by atoms with Crippen LogP contribution in [0.1, 0.15) is 17.2 Å². The van der Waals surface area contributed by atoms with Crippen molar-refractivity contribution in [3.8, 4) is 11.5 Å². The lowest BCUT2D eigenvalue weighted by atomic mass is 10.0. The lowest BCUT2D eigenvalue weighted by molar-refractivity contribution is 0.178. The maximum absolute atomic E-state index is 10.4. The third-order valence-corrected chi connectivity index (χ3v) is 3.82. The number of rotatable bonds is 5. The lowest BCUT2D eigenvalue weighted by Gasteiger charge is -2.14. The minimum Gasteiger partial charge on any atom is -0.493 e. The molecule has 0 amide bonds. The largest absolute Gasteiger partial charge is 0.493 e. The molecule has 0 spiro atoms. The smallest absolute Gasteiger partial charge is 0.160 e. The van der Waals surface area contributed by atoms with Crippen LogP contribution in [-0.2, 0) is 6.42 Å². The maximum atomic E-state index is 10.4. The Hall–Kier alpha value is -1.23. The fourth-order valence-electron chi connectivity index (χ4n) is 2.12. The van der Waals surface area contributed by atoms with Gasteiger partial charge in [-0.3, -0.25) is 0 Å². The molecule has 2 rings (SSSR count). The second-order valence-corrected chi connectivity index (χ2v) is 5.96. The van der Waals surface area contributed by atoms with Crippen LogP contribution >= 0.6 is 27.5 Å². The van der Waals surface area contributed by atoms with Crippen LogP contribution in [0.3, 0.4) is 0 Å². The van der Waals surface area contributed by atoms with Gasteiger partial charge in [0.25, 0.3) is 0 Å². The maximum Gasteiger partial charge on any atom is 0.160 e. The summed E-state index contributed by atoms with van der Waals surface area (Å²) in [5, 5.41) is 11.0. The van der Waals surface area contributed by atoms with Crippen LogP contribution in [0, 0.1) is 0 Å². The quantitative estimate of drug-likeness (QED) is 0.847. The molecule has 0 radical (unpaired) electrons. The third-order valence-electron chi connectivity index (χ3n) is 3.15. The van der Waals surface area contributed by atoms with E-state index >= 15 is 0 Å². The highest BCUT2D eigenvalue weighted by Crippen LogP contribution is 2.30. The molecule has 0 saturated carbocycles. The summed E-state index contributed by atoms with van der Waals surface area (Å²) in [6.07, 6.45) is -0.175. The first-order chi connectivity index (χ1) is 10.0. The Kier molecular flexibility index (Phi) is 5.51. The molecule has 0 aliphatic carbocycles. The molecular formula is C16H16BrClO3. The van der Waals surface area contributed by atoms with E-state index in [2.05, 4.69) is 15.9 Å². The van der Waals surface area contributed by atoms with Gasteiger partial charge >= 0.3 is 0 Å². The van der Waals surface area contributed by atoms with Gasteiger partial charge in [0, 0.05) is 15.9 Å². The van der Waals surface area contributed by atoms with Gasteiger partial charge in [0.2, 0.25) is 0 Å². The van der Waals surface area contributed by atoms with Crippen LogP contribution in [0.4, 0.5) is 0 Å². The molecule has 2 aromatic rings. The molecule has 21 heavy (non-hydrogen) atoms. The van der Waals surface area contributed by atoms with Gasteiger partial charge in [-0.2, -0.15) is 0 Å². The standard InChI is InChI=1S/C16H16BrClO3/c1-20-15-4-3-10(6-16(15)21-2)5-14(19)11-7-12(17)9-13(18)8-11/h3-4,6-9,14,19H,5H2,1-2H3. The number of halogens is 2. The Morgan fingerprint density at radius 1 is 1.10 bits per heavy atom. The van der Waals surface area contributed by atoms with Crippen molar-refractivity contribution in [2.75, 3.05) is 14.2 Å². The van der Waals surface area contributed by atoms with Crippen LogP contribution in [-0.4, -0.2) is 19.3 Å². The summed E-state index contributed by atoms with van der Waals surface area (Å²) in [7, 11) is 3.18. The number of aliphatic hydroxyl groups is 1. The van der Waals surface area contributed by atoms with E-state index in [1.807, 2.05) is 24.3 Å². The lowest BCUT2D eigenvalue weighted by Crippen LogP contribution is -2.02. The van der Waals surface area contributed by atoms with Gasteiger partial charge in [-0.05, 0) is 41.5 Å². The van der Waals surface area contributed by atoms with E-state index in [4.69, 9.17) is 21.1 Å². The fraction of sp³-hybridized carbons (Fsp3) is 0.250. The first kappa shape index (κ1) is 16.1. The highest BCUT2D eigenvalue weighted by molar-refractivity contribution is 9.10. The molecule has 0 aliphatic heterocycles. The highest BCUT2D eigenvalue weighted by Gasteiger charge is 2.12. The van der Waals surface area contributed by atoms with E-state index in [0.29, 0.717) is 22.9 Å². The van der Waals surface area contributed by atoms with Gasteiger partial charge in [-0.1, -0.05) is 33.6 Å². The molecule has 3 nitrogen and oxygen atoms in total. The summed E-state index contributed by atoms with van der Waals surface area (Å²) in [5.74, 6) is 1.32. The zero-order chi connectivity index (χ0) is 15.4. The predicted octanol–water partition coefficient (Wildman–Crippen LogP) is 4.40. The Morgan fingerprint density at radius 3 is 2.43 bits per heavy atom. The Labute approximate surface area is 137 Å². The summed E-state index contributed by atoms with van der Waals surface area (Å²) in [6.45, 7) is 0.